The van der Waals surface area contributed by atoms with Gasteiger partial charge in [0.25, 0.3) is 0 Å². The number of fused-ring (bicyclic) bond motifs is 1. The van der Waals surface area contributed by atoms with E-state index in [2.05, 4.69) is 21.3 Å². The summed E-state index contributed by atoms with van der Waals surface area (Å²) in [6, 6.07) is 3.86. The number of hydrogen-bond donors (Lipinski definition) is 1. The Balaban J connectivity index is 1.89. The summed E-state index contributed by atoms with van der Waals surface area (Å²) in [6.07, 6.45) is 6.77. The Labute approximate surface area is 144 Å². The zero-order chi connectivity index (χ0) is 17.2. The van der Waals surface area contributed by atoms with Crippen LogP contribution < -0.4 is 4.74 Å². The third-order valence-corrected chi connectivity index (χ3v) is 4.24. The molecule has 0 saturated heterocycles. The van der Waals surface area contributed by atoms with Crippen LogP contribution in [0.5, 0.6) is 5.88 Å². The summed E-state index contributed by atoms with van der Waals surface area (Å²) in [5.74, 6) is 0.308. The standard InChI is InChI=1S/C17H16N6O2/c1-24-17-11(7-18)6-13(10-19-17)23-15-3-5-25-4-2-14(15)16(22-23)12-8-20-21-9-12/h6,8-10H,2-5H2,1H3,(H,20,21). The van der Waals surface area contributed by atoms with E-state index in [1.807, 2.05) is 10.9 Å². The first-order valence-corrected chi connectivity index (χ1v) is 7.94. The van der Waals surface area contributed by atoms with Gasteiger partial charge in [-0.15, -0.1) is 0 Å². The molecule has 3 aromatic heterocycles. The Hall–Kier alpha value is -3.18. The number of hydrogen-bond acceptors (Lipinski definition) is 6. The molecule has 126 valence electrons. The van der Waals surface area contributed by atoms with Crippen molar-refractivity contribution < 1.29 is 9.47 Å². The molecule has 0 fully saturated rings. The van der Waals surface area contributed by atoms with Crippen LogP contribution in [0.4, 0.5) is 0 Å². The predicted molar refractivity (Wildman–Crippen MR) is 88.4 cm³/mol. The molecule has 0 bridgehead atoms. The SMILES string of the molecule is COc1ncc(-n2nc(-c3cn[nH]c3)c3c2CCOCC3)cc1C#N. The fraction of sp³-hybridized carbons (Fsp3) is 0.294. The first-order chi connectivity index (χ1) is 12.3. The fourth-order valence-corrected chi connectivity index (χ4v) is 3.08. The topological polar surface area (TPSA) is 102 Å². The molecule has 1 aliphatic rings. The Kier molecular flexibility index (Phi) is 3.91. The Bertz CT molecular complexity index is 939. The van der Waals surface area contributed by atoms with Crippen LogP contribution in [0.3, 0.4) is 0 Å². The van der Waals surface area contributed by atoms with E-state index < -0.39 is 0 Å². The Morgan fingerprint density at radius 2 is 2.20 bits per heavy atom. The molecule has 0 unspecified atom stereocenters. The maximum absolute atomic E-state index is 9.33. The molecule has 1 aliphatic heterocycles. The number of H-pyrrole nitrogens is 1. The molecule has 0 spiro atoms. The molecule has 0 atom stereocenters. The van der Waals surface area contributed by atoms with Crippen LogP contribution in [0.1, 0.15) is 16.8 Å². The molecule has 4 heterocycles. The van der Waals surface area contributed by atoms with Gasteiger partial charge in [-0.2, -0.15) is 15.5 Å². The zero-order valence-electron chi connectivity index (χ0n) is 13.7. The van der Waals surface area contributed by atoms with Gasteiger partial charge in [-0.1, -0.05) is 0 Å². The number of nitrogens with zero attached hydrogens (tertiary/aromatic N) is 5. The summed E-state index contributed by atoms with van der Waals surface area (Å²) in [4.78, 5) is 4.23. The number of nitrogens with one attached hydrogen (secondary N) is 1. The van der Waals surface area contributed by atoms with Crippen LogP contribution in [0, 0.1) is 11.3 Å². The van der Waals surface area contributed by atoms with Gasteiger partial charge >= 0.3 is 0 Å². The average molecular weight is 336 g/mol. The van der Waals surface area contributed by atoms with E-state index in [-0.39, 0.29) is 0 Å². The number of pyridine rings is 1. The van der Waals surface area contributed by atoms with E-state index in [1.165, 1.54) is 7.11 Å². The maximum atomic E-state index is 9.33. The zero-order valence-corrected chi connectivity index (χ0v) is 13.7. The lowest BCUT2D eigenvalue weighted by Crippen LogP contribution is -2.06. The Morgan fingerprint density at radius 3 is 2.96 bits per heavy atom. The quantitative estimate of drug-likeness (QED) is 0.780. The minimum Gasteiger partial charge on any atom is -0.480 e. The van der Waals surface area contributed by atoms with Crippen LogP contribution in [0.25, 0.3) is 16.9 Å². The van der Waals surface area contributed by atoms with Gasteiger partial charge in [-0.3, -0.25) is 5.10 Å². The van der Waals surface area contributed by atoms with Gasteiger partial charge in [0.2, 0.25) is 5.88 Å². The van der Waals surface area contributed by atoms with Gasteiger partial charge in [0.05, 0.1) is 49.8 Å². The molecule has 4 rings (SSSR count). The second-order valence-electron chi connectivity index (χ2n) is 5.65. The van der Waals surface area contributed by atoms with Crippen molar-refractivity contribution in [1.29, 1.82) is 5.26 Å². The molecule has 0 radical (unpaired) electrons. The summed E-state index contributed by atoms with van der Waals surface area (Å²) in [7, 11) is 1.50. The van der Waals surface area contributed by atoms with E-state index in [4.69, 9.17) is 14.6 Å². The lowest BCUT2D eigenvalue weighted by molar-refractivity contribution is 0.145. The third-order valence-electron chi connectivity index (χ3n) is 4.24. The Morgan fingerprint density at radius 1 is 1.32 bits per heavy atom. The van der Waals surface area contributed by atoms with Gasteiger partial charge in [0.15, 0.2) is 0 Å². The number of aromatic amines is 1. The van der Waals surface area contributed by atoms with Crippen molar-refractivity contribution in [1.82, 2.24) is 25.0 Å². The van der Waals surface area contributed by atoms with Crippen molar-refractivity contribution in [3.05, 3.63) is 41.5 Å². The van der Waals surface area contributed by atoms with E-state index in [1.54, 1.807) is 18.5 Å². The van der Waals surface area contributed by atoms with E-state index in [0.717, 1.165) is 41.0 Å². The smallest absolute Gasteiger partial charge is 0.231 e. The van der Waals surface area contributed by atoms with Crippen molar-refractivity contribution in [3.63, 3.8) is 0 Å². The van der Waals surface area contributed by atoms with Gasteiger partial charge in [0, 0.05) is 23.7 Å². The molecule has 8 heteroatoms. The number of methoxy groups -OCH3 is 1. The van der Waals surface area contributed by atoms with Gasteiger partial charge in [0.1, 0.15) is 11.6 Å². The summed E-state index contributed by atoms with van der Waals surface area (Å²) in [6.45, 7) is 1.30. The highest BCUT2D eigenvalue weighted by Crippen LogP contribution is 2.30. The number of nitriles is 1. The van der Waals surface area contributed by atoms with Gasteiger partial charge in [-0.25, -0.2) is 9.67 Å². The molecule has 0 amide bonds. The second kappa shape index (κ2) is 6.37. The van der Waals surface area contributed by atoms with Crippen LogP contribution in [0.2, 0.25) is 0 Å². The normalized spacial score (nSPS) is 13.8. The highest BCUT2D eigenvalue weighted by Gasteiger charge is 2.23. The predicted octanol–water partition coefficient (Wildman–Crippen LogP) is 1.65. The first-order valence-electron chi connectivity index (χ1n) is 7.94. The monoisotopic (exact) mass is 336 g/mol. The molecule has 8 nitrogen and oxygen atoms in total. The van der Waals surface area contributed by atoms with E-state index >= 15 is 0 Å². The van der Waals surface area contributed by atoms with Crippen molar-refractivity contribution in [2.24, 2.45) is 0 Å². The highest BCUT2D eigenvalue weighted by molar-refractivity contribution is 5.64. The summed E-state index contributed by atoms with van der Waals surface area (Å²) in [5, 5.41) is 21.0. The highest BCUT2D eigenvalue weighted by atomic mass is 16.5. The van der Waals surface area contributed by atoms with E-state index in [9.17, 15) is 5.26 Å². The summed E-state index contributed by atoms with van der Waals surface area (Å²) >= 11 is 0. The largest absolute Gasteiger partial charge is 0.480 e. The lowest BCUT2D eigenvalue weighted by Gasteiger charge is -2.08. The minimum atomic E-state index is 0.308. The number of aromatic nitrogens is 5. The molecule has 0 aliphatic carbocycles. The van der Waals surface area contributed by atoms with Crippen LogP contribution >= 0.6 is 0 Å². The maximum Gasteiger partial charge on any atom is 0.231 e. The fourth-order valence-electron chi connectivity index (χ4n) is 3.08. The van der Waals surface area contributed by atoms with E-state index in [0.29, 0.717) is 24.7 Å². The molecule has 1 N–H and O–H groups in total. The third kappa shape index (κ3) is 2.64. The first kappa shape index (κ1) is 15.4. The van der Waals surface area contributed by atoms with Crippen molar-refractivity contribution in [3.8, 4) is 28.9 Å². The molecular weight excluding hydrogens is 320 g/mol. The molecule has 25 heavy (non-hydrogen) atoms. The van der Waals surface area contributed by atoms with Crippen LogP contribution in [-0.2, 0) is 17.6 Å². The summed E-state index contributed by atoms with van der Waals surface area (Å²) < 4.78 is 12.6. The number of ether oxygens (including phenoxy) is 2. The average Bonchev–Trinajstić information content (AvgIpc) is 3.23. The van der Waals surface area contributed by atoms with Crippen LogP contribution in [0.15, 0.2) is 24.7 Å². The van der Waals surface area contributed by atoms with Crippen molar-refractivity contribution in [2.75, 3.05) is 20.3 Å². The van der Waals surface area contributed by atoms with Crippen molar-refractivity contribution >= 4 is 0 Å². The minimum absolute atomic E-state index is 0.308. The van der Waals surface area contributed by atoms with Gasteiger partial charge in [-0.05, 0) is 12.5 Å². The van der Waals surface area contributed by atoms with Crippen molar-refractivity contribution in [2.45, 2.75) is 12.8 Å². The lowest BCUT2D eigenvalue weighted by atomic mass is 10.1. The summed E-state index contributed by atoms with van der Waals surface area (Å²) in [5.41, 5.74) is 5.13. The molecule has 0 saturated carbocycles. The molecule has 3 aromatic rings. The molecular formula is C17H16N6O2. The molecule has 0 aromatic carbocycles. The second-order valence-corrected chi connectivity index (χ2v) is 5.65. The van der Waals surface area contributed by atoms with Crippen LogP contribution in [-0.4, -0.2) is 45.3 Å². The van der Waals surface area contributed by atoms with Gasteiger partial charge < -0.3 is 9.47 Å². The number of rotatable bonds is 3.